The molecule has 0 unspecified atom stereocenters. The summed E-state index contributed by atoms with van der Waals surface area (Å²) in [5.74, 6) is -0.162. The van der Waals surface area contributed by atoms with Gasteiger partial charge in [-0.1, -0.05) is 56.1 Å². The maximum atomic E-state index is 12.3. The molecule has 0 atom stereocenters. The fraction of sp³-hybridized carbons (Fsp3) is 0.0556. The van der Waals surface area contributed by atoms with Crippen LogP contribution in [0.15, 0.2) is 74.4 Å². The zero-order valence-electron chi connectivity index (χ0n) is 12.4. The van der Waals surface area contributed by atoms with Gasteiger partial charge in [0.05, 0.1) is 5.69 Å². The van der Waals surface area contributed by atoms with Gasteiger partial charge in [0.25, 0.3) is 5.56 Å². The third-order valence-corrected chi connectivity index (χ3v) is 4.52. The van der Waals surface area contributed by atoms with Gasteiger partial charge in [-0.05, 0) is 30.3 Å². The predicted octanol–water partition coefficient (Wildman–Crippen LogP) is 4.32. The fourth-order valence-corrected chi connectivity index (χ4v) is 2.73. The first-order valence-electron chi connectivity index (χ1n) is 7.16. The number of ketones is 1. The monoisotopic (exact) mass is 446 g/mol. The number of carbonyl (C=O) groups excluding carboxylic acids is 1. The molecule has 3 rings (SSSR count). The van der Waals surface area contributed by atoms with E-state index >= 15 is 0 Å². The van der Waals surface area contributed by atoms with Crippen molar-refractivity contribution >= 4 is 37.6 Å². The summed E-state index contributed by atoms with van der Waals surface area (Å²) in [6.45, 7) is -0.0924. The Kier molecular flexibility index (Phi) is 5.06. The largest absolute Gasteiger partial charge is 0.292 e. The van der Waals surface area contributed by atoms with Gasteiger partial charge < -0.3 is 0 Å². The lowest BCUT2D eigenvalue weighted by Gasteiger charge is -2.07. The van der Waals surface area contributed by atoms with Crippen LogP contribution in [0.5, 0.6) is 0 Å². The first kappa shape index (κ1) is 16.8. The van der Waals surface area contributed by atoms with Crippen molar-refractivity contribution < 1.29 is 4.79 Å². The van der Waals surface area contributed by atoms with E-state index in [2.05, 4.69) is 37.0 Å². The molecule has 0 aliphatic heterocycles. The van der Waals surface area contributed by atoms with Crippen molar-refractivity contribution in [3.8, 4) is 11.3 Å². The molecule has 0 aliphatic carbocycles. The van der Waals surface area contributed by atoms with Crippen molar-refractivity contribution in [1.82, 2.24) is 9.78 Å². The van der Waals surface area contributed by atoms with Gasteiger partial charge in [-0.2, -0.15) is 5.10 Å². The molecule has 0 bridgehead atoms. The molecule has 1 heterocycles. The normalized spacial score (nSPS) is 10.6. The summed E-state index contributed by atoms with van der Waals surface area (Å²) in [5.41, 5.74) is 1.76. The van der Waals surface area contributed by atoms with Crippen LogP contribution < -0.4 is 5.56 Å². The first-order valence-corrected chi connectivity index (χ1v) is 8.74. The molecule has 0 spiro atoms. The average molecular weight is 448 g/mol. The van der Waals surface area contributed by atoms with E-state index < -0.39 is 0 Å². The van der Waals surface area contributed by atoms with E-state index in [1.807, 2.05) is 24.3 Å². The third-order valence-electron chi connectivity index (χ3n) is 3.47. The maximum Gasteiger partial charge on any atom is 0.267 e. The minimum Gasteiger partial charge on any atom is -0.292 e. The van der Waals surface area contributed by atoms with Gasteiger partial charge in [0.2, 0.25) is 0 Å². The minimum atomic E-state index is -0.304. The Hall–Kier alpha value is -2.05. The highest BCUT2D eigenvalue weighted by atomic mass is 79.9. The Labute approximate surface area is 155 Å². The summed E-state index contributed by atoms with van der Waals surface area (Å²) >= 11 is 6.72. The van der Waals surface area contributed by atoms with E-state index in [4.69, 9.17) is 0 Å². The van der Waals surface area contributed by atoms with Crippen LogP contribution in [0.2, 0.25) is 0 Å². The number of nitrogens with zero attached hydrogens (tertiary/aromatic N) is 2. The fourth-order valence-electron chi connectivity index (χ4n) is 2.20. The highest BCUT2D eigenvalue weighted by Crippen LogP contribution is 2.19. The topological polar surface area (TPSA) is 52.0 Å². The van der Waals surface area contributed by atoms with Gasteiger partial charge in [-0.15, -0.1) is 0 Å². The van der Waals surface area contributed by atoms with Crippen molar-refractivity contribution in [2.24, 2.45) is 0 Å². The van der Waals surface area contributed by atoms with Crippen LogP contribution in [0.3, 0.4) is 0 Å². The number of benzene rings is 2. The average Bonchev–Trinajstić information content (AvgIpc) is 2.58. The molecule has 4 nitrogen and oxygen atoms in total. The van der Waals surface area contributed by atoms with Gasteiger partial charge >= 0.3 is 0 Å². The van der Waals surface area contributed by atoms with Gasteiger partial charge in [0.1, 0.15) is 6.54 Å². The molecule has 3 aromatic rings. The van der Waals surface area contributed by atoms with E-state index in [0.717, 1.165) is 14.5 Å². The van der Waals surface area contributed by atoms with Crippen LogP contribution >= 0.6 is 31.9 Å². The number of carbonyl (C=O) groups is 1. The lowest BCUT2D eigenvalue weighted by atomic mass is 10.1. The second-order valence-corrected chi connectivity index (χ2v) is 6.98. The predicted molar refractivity (Wildman–Crippen MR) is 100 cm³/mol. The molecule has 0 saturated carbocycles. The standard InChI is InChI=1S/C18H12Br2N2O2/c19-14-5-1-12(2-6-14)16-9-10-18(24)22(21-16)11-17(23)13-3-7-15(20)8-4-13/h1-10H,11H2. The minimum absolute atomic E-state index is 0.0924. The summed E-state index contributed by atoms with van der Waals surface area (Å²) in [6.07, 6.45) is 0. The summed E-state index contributed by atoms with van der Waals surface area (Å²) in [6, 6.07) is 17.7. The highest BCUT2D eigenvalue weighted by molar-refractivity contribution is 9.10. The van der Waals surface area contributed by atoms with Crippen molar-refractivity contribution in [2.75, 3.05) is 0 Å². The number of aromatic nitrogens is 2. The number of Topliss-reactive ketones (excluding diaryl/α,β-unsaturated/α-hetero) is 1. The summed E-state index contributed by atoms with van der Waals surface area (Å²) < 4.78 is 3.05. The Bertz CT molecular complexity index is 932. The zero-order chi connectivity index (χ0) is 17.1. The summed E-state index contributed by atoms with van der Waals surface area (Å²) in [7, 11) is 0. The Balaban J connectivity index is 1.89. The molecule has 0 radical (unpaired) electrons. The Morgan fingerprint density at radius 1 is 0.875 bits per heavy atom. The molecular weight excluding hydrogens is 436 g/mol. The van der Waals surface area contributed by atoms with Crippen molar-refractivity contribution in [2.45, 2.75) is 6.54 Å². The molecule has 1 aromatic heterocycles. The van der Waals surface area contributed by atoms with Crippen LogP contribution in [-0.2, 0) is 6.54 Å². The zero-order valence-corrected chi connectivity index (χ0v) is 15.6. The number of hydrogen-bond acceptors (Lipinski definition) is 3. The Morgan fingerprint density at radius 3 is 2.08 bits per heavy atom. The van der Waals surface area contributed by atoms with Crippen LogP contribution in [0, 0.1) is 0 Å². The molecule has 2 aromatic carbocycles. The molecule has 120 valence electrons. The van der Waals surface area contributed by atoms with Crippen LogP contribution in [0.25, 0.3) is 11.3 Å². The van der Waals surface area contributed by atoms with E-state index in [9.17, 15) is 9.59 Å². The maximum absolute atomic E-state index is 12.3. The molecule has 0 fully saturated rings. The molecule has 0 N–H and O–H groups in total. The number of rotatable bonds is 4. The van der Waals surface area contributed by atoms with E-state index in [-0.39, 0.29) is 17.9 Å². The van der Waals surface area contributed by atoms with Crippen molar-refractivity contribution in [1.29, 1.82) is 0 Å². The number of hydrogen-bond donors (Lipinski definition) is 0. The van der Waals surface area contributed by atoms with E-state index in [1.165, 1.54) is 10.7 Å². The van der Waals surface area contributed by atoms with Crippen LogP contribution in [0.1, 0.15) is 10.4 Å². The third kappa shape index (κ3) is 3.88. The SMILES string of the molecule is O=C(Cn1nc(-c2ccc(Br)cc2)ccc1=O)c1ccc(Br)cc1. The number of halogens is 2. The van der Waals surface area contributed by atoms with Crippen molar-refractivity contribution in [3.63, 3.8) is 0 Å². The second kappa shape index (κ2) is 7.23. The van der Waals surface area contributed by atoms with E-state index in [0.29, 0.717) is 11.3 Å². The molecule has 0 saturated heterocycles. The summed E-state index contributed by atoms with van der Waals surface area (Å²) in [4.78, 5) is 24.4. The molecule has 0 amide bonds. The highest BCUT2D eigenvalue weighted by Gasteiger charge is 2.10. The van der Waals surface area contributed by atoms with Gasteiger partial charge in [-0.3, -0.25) is 9.59 Å². The molecule has 24 heavy (non-hydrogen) atoms. The van der Waals surface area contributed by atoms with Crippen LogP contribution in [-0.4, -0.2) is 15.6 Å². The van der Waals surface area contributed by atoms with Gasteiger partial charge in [-0.25, -0.2) is 4.68 Å². The van der Waals surface area contributed by atoms with Crippen LogP contribution in [0.4, 0.5) is 0 Å². The van der Waals surface area contributed by atoms with Crippen molar-refractivity contribution in [3.05, 3.63) is 85.5 Å². The molecule has 0 aliphatic rings. The Morgan fingerprint density at radius 2 is 1.46 bits per heavy atom. The molecular formula is C18H12Br2N2O2. The van der Waals surface area contributed by atoms with Gasteiger partial charge in [0, 0.05) is 26.1 Å². The summed E-state index contributed by atoms with van der Waals surface area (Å²) in [5, 5.41) is 4.31. The first-order chi connectivity index (χ1) is 11.5. The smallest absolute Gasteiger partial charge is 0.267 e. The second-order valence-electron chi connectivity index (χ2n) is 5.15. The lowest BCUT2D eigenvalue weighted by molar-refractivity contribution is 0.0966. The lowest BCUT2D eigenvalue weighted by Crippen LogP contribution is -2.26. The quantitative estimate of drug-likeness (QED) is 0.559. The van der Waals surface area contributed by atoms with E-state index in [1.54, 1.807) is 30.3 Å². The molecule has 6 heteroatoms. The van der Waals surface area contributed by atoms with Gasteiger partial charge in [0.15, 0.2) is 5.78 Å².